The van der Waals surface area contributed by atoms with Crippen molar-refractivity contribution in [1.82, 2.24) is 9.97 Å². The lowest BCUT2D eigenvalue weighted by atomic mass is 10.1. The quantitative estimate of drug-likeness (QED) is 0.888. The van der Waals surface area contributed by atoms with Gasteiger partial charge in [0.15, 0.2) is 11.6 Å². The van der Waals surface area contributed by atoms with Crippen LogP contribution >= 0.6 is 0 Å². The number of benzene rings is 1. The normalized spacial score (nSPS) is 10.5. The zero-order chi connectivity index (χ0) is 13.8. The molecular formula is C13H14F2N4. The molecule has 0 saturated heterocycles. The molecule has 1 aromatic carbocycles. The summed E-state index contributed by atoms with van der Waals surface area (Å²) >= 11 is 0. The number of hydrogen-bond donors (Lipinski definition) is 2. The van der Waals surface area contributed by atoms with Crippen molar-refractivity contribution < 1.29 is 8.78 Å². The molecule has 0 bridgehead atoms. The van der Waals surface area contributed by atoms with Gasteiger partial charge >= 0.3 is 0 Å². The first-order valence-corrected chi connectivity index (χ1v) is 5.80. The standard InChI is InChI=1S/C13H14F2N4/c1-8-12(15)13(19-7-18-8)17-6-10-3-2-9(5-16)4-11(10)14/h2-4,7H,5-6,16H2,1H3,(H,17,18,19). The second-order valence-corrected chi connectivity index (χ2v) is 4.11. The average Bonchev–Trinajstić information content (AvgIpc) is 2.41. The third-order valence-corrected chi connectivity index (χ3v) is 2.76. The highest BCUT2D eigenvalue weighted by Gasteiger charge is 2.08. The van der Waals surface area contributed by atoms with E-state index < -0.39 is 5.82 Å². The van der Waals surface area contributed by atoms with Crippen molar-refractivity contribution in [1.29, 1.82) is 0 Å². The molecule has 0 saturated carbocycles. The Morgan fingerprint density at radius 2 is 2.05 bits per heavy atom. The van der Waals surface area contributed by atoms with E-state index in [-0.39, 0.29) is 30.4 Å². The maximum absolute atomic E-state index is 13.7. The summed E-state index contributed by atoms with van der Waals surface area (Å²) in [7, 11) is 0. The summed E-state index contributed by atoms with van der Waals surface area (Å²) in [5, 5.41) is 2.75. The predicted octanol–water partition coefficient (Wildman–Crippen LogP) is 2.13. The molecule has 0 atom stereocenters. The van der Waals surface area contributed by atoms with E-state index in [9.17, 15) is 8.78 Å². The van der Waals surface area contributed by atoms with E-state index in [4.69, 9.17) is 5.73 Å². The van der Waals surface area contributed by atoms with Crippen LogP contribution in [-0.4, -0.2) is 9.97 Å². The summed E-state index contributed by atoms with van der Waals surface area (Å²) in [6, 6.07) is 4.73. The van der Waals surface area contributed by atoms with E-state index in [0.29, 0.717) is 11.1 Å². The van der Waals surface area contributed by atoms with Crippen LogP contribution in [0.2, 0.25) is 0 Å². The minimum absolute atomic E-state index is 0.0646. The highest BCUT2D eigenvalue weighted by atomic mass is 19.1. The number of aryl methyl sites for hydroxylation is 1. The topological polar surface area (TPSA) is 63.8 Å². The molecule has 19 heavy (non-hydrogen) atoms. The molecule has 1 heterocycles. The van der Waals surface area contributed by atoms with Gasteiger partial charge in [0.25, 0.3) is 0 Å². The van der Waals surface area contributed by atoms with Crippen molar-refractivity contribution in [3.8, 4) is 0 Å². The molecule has 0 aliphatic rings. The molecule has 0 amide bonds. The highest BCUT2D eigenvalue weighted by molar-refractivity contribution is 5.38. The van der Waals surface area contributed by atoms with Crippen LogP contribution in [0.3, 0.4) is 0 Å². The third-order valence-electron chi connectivity index (χ3n) is 2.76. The number of aromatic nitrogens is 2. The van der Waals surface area contributed by atoms with E-state index in [2.05, 4.69) is 15.3 Å². The summed E-state index contributed by atoms with van der Waals surface area (Å²) in [5.74, 6) is -0.835. The van der Waals surface area contributed by atoms with Crippen molar-refractivity contribution in [2.75, 3.05) is 5.32 Å². The van der Waals surface area contributed by atoms with Crippen LogP contribution in [0.1, 0.15) is 16.8 Å². The van der Waals surface area contributed by atoms with Gasteiger partial charge in [-0.3, -0.25) is 0 Å². The lowest BCUT2D eigenvalue weighted by molar-refractivity contribution is 0.599. The third kappa shape index (κ3) is 3.03. The molecule has 3 N–H and O–H groups in total. The van der Waals surface area contributed by atoms with Gasteiger partial charge in [0.05, 0.1) is 5.69 Å². The van der Waals surface area contributed by atoms with E-state index >= 15 is 0 Å². The Balaban J connectivity index is 2.12. The van der Waals surface area contributed by atoms with E-state index in [1.165, 1.54) is 12.4 Å². The fourth-order valence-corrected chi connectivity index (χ4v) is 1.62. The Hall–Kier alpha value is -2.08. The molecule has 2 aromatic rings. The minimum atomic E-state index is -0.526. The maximum Gasteiger partial charge on any atom is 0.186 e. The zero-order valence-corrected chi connectivity index (χ0v) is 10.5. The van der Waals surface area contributed by atoms with E-state index in [0.717, 1.165) is 0 Å². The van der Waals surface area contributed by atoms with Gasteiger partial charge in [-0.25, -0.2) is 18.7 Å². The molecule has 0 unspecified atom stereocenters. The second kappa shape index (κ2) is 5.71. The van der Waals surface area contributed by atoms with Gasteiger partial charge in [-0.05, 0) is 18.6 Å². The summed E-state index contributed by atoms with van der Waals surface area (Å²) in [6.45, 7) is 1.97. The van der Waals surface area contributed by atoms with Crippen LogP contribution in [0.5, 0.6) is 0 Å². The Morgan fingerprint density at radius 3 is 2.74 bits per heavy atom. The number of halogens is 2. The number of nitrogens with zero attached hydrogens (tertiary/aromatic N) is 2. The predicted molar refractivity (Wildman–Crippen MR) is 68.3 cm³/mol. The largest absolute Gasteiger partial charge is 0.363 e. The van der Waals surface area contributed by atoms with Crippen molar-refractivity contribution in [3.05, 3.63) is 53.0 Å². The van der Waals surface area contributed by atoms with Crippen LogP contribution in [0, 0.1) is 18.6 Å². The monoisotopic (exact) mass is 264 g/mol. The maximum atomic E-state index is 13.7. The Labute approximate surface area is 109 Å². The van der Waals surface area contributed by atoms with Crippen molar-refractivity contribution in [2.45, 2.75) is 20.0 Å². The highest BCUT2D eigenvalue weighted by Crippen LogP contribution is 2.15. The van der Waals surface area contributed by atoms with Crippen molar-refractivity contribution in [2.24, 2.45) is 5.73 Å². The van der Waals surface area contributed by atoms with Gasteiger partial charge in [0.2, 0.25) is 0 Å². The first kappa shape index (κ1) is 13.4. The molecule has 1 aromatic heterocycles. The minimum Gasteiger partial charge on any atom is -0.363 e. The van der Waals surface area contributed by atoms with Gasteiger partial charge in [-0.2, -0.15) is 0 Å². The Bertz CT molecular complexity index is 587. The van der Waals surface area contributed by atoms with Gasteiger partial charge < -0.3 is 11.1 Å². The van der Waals surface area contributed by atoms with E-state index in [1.54, 1.807) is 19.1 Å². The van der Waals surface area contributed by atoms with Gasteiger partial charge in [-0.15, -0.1) is 0 Å². The summed E-state index contributed by atoms with van der Waals surface area (Å²) in [4.78, 5) is 7.50. The molecule has 0 aliphatic heterocycles. The van der Waals surface area contributed by atoms with Gasteiger partial charge in [-0.1, -0.05) is 12.1 Å². The van der Waals surface area contributed by atoms with Crippen LogP contribution in [0.4, 0.5) is 14.6 Å². The first-order valence-electron chi connectivity index (χ1n) is 5.80. The van der Waals surface area contributed by atoms with Crippen LogP contribution in [0.25, 0.3) is 0 Å². The van der Waals surface area contributed by atoms with Gasteiger partial charge in [0.1, 0.15) is 12.1 Å². The Morgan fingerprint density at radius 1 is 1.26 bits per heavy atom. The molecule has 0 radical (unpaired) electrons. The average molecular weight is 264 g/mol. The zero-order valence-electron chi connectivity index (χ0n) is 10.5. The van der Waals surface area contributed by atoms with E-state index in [1.807, 2.05) is 0 Å². The van der Waals surface area contributed by atoms with Crippen LogP contribution in [0.15, 0.2) is 24.5 Å². The number of nitrogens with one attached hydrogen (secondary N) is 1. The molecular weight excluding hydrogens is 250 g/mol. The van der Waals surface area contributed by atoms with Gasteiger partial charge in [0, 0.05) is 18.7 Å². The fraction of sp³-hybridized carbons (Fsp3) is 0.231. The second-order valence-electron chi connectivity index (χ2n) is 4.11. The Kier molecular flexibility index (Phi) is 4.01. The fourth-order valence-electron chi connectivity index (χ4n) is 1.62. The number of nitrogens with two attached hydrogens (primary N) is 1. The molecule has 4 nitrogen and oxygen atoms in total. The molecule has 100 valence electrons. The van der Waals surface area contributed by atoms with Crippen molar-refractivity contribution >= 4 is 5.82 Å². The lowest BCUT2D eigenvalue weighted by Gasteiger charge is -2.09. The van der Waals surface area contributed by atoms with Crippen LogP contribution in [-0.2, 0) is 13.1 Å². The van der Waals surface area contributed by atoms with Crippen LogP contribution < -0.4 is 11.1 Å². The molecule has 0 aliphatic carbocycles. The molecule has 0 spiro atoms. The lowest BCUT2D eigenvalue weighted by Crippen LogP contribution is -2.07. The summed E-state index contributed by atoms with van der Waals surface area (Å²) in [5.41, 5.74) is 6.81. The van der Waals surface area contributed by atoms with Crippen molar-refractivity contribution in [3.63, 3.8) is 0 Å². The number of hydrogen-bond acceptors (Lipinski definition) is 4. The number of rotatable bonds is 4. The summed E-state index contributed by atoms with van der Waals surface area (Å²) in [6.07, 6.45) is 1.26. The first-order chi connectivity index (χ1) is 9.11. The molecule has 0 fully saturated rings. The molecule has 6 heteroatoms. The number of anilines is 1. The molecule has 2 rings (SSSR count). The SMILES string of the molecule is Cc1ncnc(NCc2ccc(CN)cc2F)c1F. The smallest absolute Gasteiger partial charge is 0.186 e. The summed E-state index contributed by atoms with van der Waals surface area (Å²) < 4.78 is 27.3.